The number of H-pyrrole nitrogens is 1. The summed E-state index contributed by atoms with van der Waals surface area (Å²) in [5.74, 6) is 1.44. The molecule has 0 saturated carbocycles. The Kier molecular flexibility index (Phi) is 6.16. The number of aromatic nitrogens is 2. The SMILES string of the molecule is Cc1cccc2c(=O)[nH]c(CSC3CCN(CCOC(N)=O)CC3)nc12. The topological polar surface area (TPSA) is 101 Å². The maximum atomic E-state index is 12.2. The molecule has 26 heavy (non-hydrogen) atoms. The van der Waals surface area contributed by atoms with Gasteiger partial charge in [0.1, 0.15) is 12.4 Å². The van der Waals surface area contributed by atoms with Crippen molar-refractivity contribution < 1.29 is 9.53 Å². The van der Waals surface area contributed by atoms with Crippen molar-refractivity contribution in [3.05, 3.63) is 39.9 Å². The van der Waals surface area contributed by atoms with Gasteiger partial charge in [0.15, 0.2) is 0 Å². The van der Waals surface area contributed by atoms with Gasteiger partial charge in [-0.1, -0.05) is 12.1 Å². The number of para-hydroxylation sites is 1. The highest BCUT2D eigenvalue weighted by Gasteiger charge is 2.20. The van der Waals surface area contributed by atoms with Crippen LogP contribution >= 0.6 is 11.8 Å². The lowest BCUT2D eigenvalue weighted by Gasteiger charge is -2.31. The summed E-state index contributed by atoms with van der Waals surface area (Å²) in [6, 6.07) is 5.66. The predicted molar refractivity (Wildman–Crippen MR) is 103 cm³/mol. The molecule has 1 aromatic carbocycles. The number of aromatic amines is 1. The Hall–Kier alpha value is -2.06. The molecule has 140 valence electrons. The van der Waals surface area contributed by atoms with E-state index in [1.165, 1.54) is 0 Å². The third-order valence-electron chi connectivity index (χ3n) is 4.63. The third kappa shape index (κ3) is 4.76. The van der Waals surface area contributed by atoms with E-state index in [1.54, 1.807) is 0 Å². The molecule has 1 fully saturated rings. The Labute approximate surface area is 156 Å². The summed E-state index contributed by atoms with van der Waals surface area (Å²) in [5.41, 5.74) is 6.70. The van der Waals surface area contributed by atoms with Gasteiger partial charge in [0, 0.05) is 11.8 Å². The van der Waals surface area contributed by atoms with Crippen molar-refractivity contribution in [3.8, 4) is 0 Å². The maximum Gasteiger partial charge on any atom is 0.404 e. The lowest BCUT2D eigenvalue weighted by molar-refractivity contribution is 0.129. The number of amides is 1. The largest absolute Gasteiger partial charge is 0.448 e. The minimum absolute atomic E-state index is 0.0708. The standard InChI is InChI=1S/C18H24N4O3S/c1-12-3-2-4-14-16(12)20-15(21-17(14)23)11-26-13-5-7-22(8-6-13)9-10-25-18(19)24/h2-4,13H,5-11H2,1H3,(H2,19,24)(H,20,21,23). The number of nitrogens with zero attached hydrogens (tertiary/aromatic N) is 2. The van der Waals surface area contributed by atoms with Gasteiger partial charge < -0.3 is 15.5 Å². The number of thioether (sulfide) groups is 1. The number of aryl methyl sites for hydroxylation is 1. The zero-order chi connectivity index (χ0) is 18.5. The molecule has 2 heterocycles. The molecule has 0 unspecified atom stereocenters. The fraction of sp³-hybridized carbons (Fsp3) is 0.500. The van der Waals surface area contributed by atoms with E-state index in [0.29, 0.717) is 23.0 Å². The number of nitrogens with one attached hydrogen (secondary N) is 1. The first-order valence-corrected chi connectivity index (χ1v) is 9.82. The Bertz CT molecular complexity index is 831. The van der Waals surface area contributed by atoms with Crippen molar-refractivity contribution in [2.45, 2.75) is 30.8 Å². The van der Waals surface area contributed by atoms with Crippen molar-refractivity contribution in [2.24, 2.45) is 5.73 Å². The van der Waals surface area contributed by atoms with Gasteiger partial charge in [-0.05, 0) is 44.5 Å². The van der Waals surface area contributed by atoms with Crippen LogP contribution in [0.4, 0.5) is 4.79 Å². The average molecular weight is 376 g/mol. The molecular weight excluding hydrogens is 352 g/mol. The fourth-order valence-electron chi connectivity index (χ4n) is 3.19. The molecule has 0 atom stereocenters. The van der Waals surface area contributed by atoms with Crippen LogP contribution in [0.15, 0.2) is 23.0 Å². The van der Waals surface area contributed by atoms with Crippen molar-refractivity contribution >= 4 is 28.8 Å². The number of nitrogens with two attached hydrogens (primary N) is 1. The summed E-state index contributed by atoms with van der Waals surface area (Å²) >= 11 is 1.84. The van der Waals surface area contributed by atoms with Crippen molar-refractivity contribution in [1.29, 1.82) is 0 Å². The summed E-state index contributed by atoms with van der Waals surface area (Å²) in [7, 11) is 0. The minimum Gasteiger partial charge on any atom is -0.448 e. The second-order valence-corrected chi connectivity index (χ2v) is 7.79. The minimum atomic E-state index is -0.720. The van der Waals surface area contributed by atoms with Crippen LogP contribution < -0.4 is 11.3 Å². The van der Waals surface area contributed by atoms with E-state index in [9.17, 15) is 9.59 Å². The summed E-state index contributed by atoms with van der Waals surface area (Å²) in [6.07, 6.45) is 1.42. The van der Waals surface area contributed by atoms with Crippen LogP contribution in [0.2, 0.25) is 0 Å². The molecule has 7 nitrogen and oxygen atoms in total. The molecule has 3 N–H and O–H groups in total. The Morgan fingerprint density at radius 1 is 1.42 bits per heavy atom. The number of carbonyl (C=O) groups excluding carboxylic acids is 1. The first kappa shape index (κ1) is 18.7. The maximum absolute atomic E-state index is 12.2. The molecule has 0 radical (unpaired) electrons. The number of hydrogen-bond donors (Lipinski definition) is 2. The summed E-state index contributed by atoms with van der Waals surface area (Å²) in [6.45, 7) is 4.98. The van der Waals surface area contributed by atoms with E-state index in [1.807, 2.05) is 36.9 Å². The van der Waals surface area contributed by atoms with Gasteiger partial charge in [0.05, 0.1) is 16.7 Å². The Balaban J connectivity index is 1.51. The van der Waals surface area contributed by atoms with Crippen molar-refractivity contribution in [3.63, 3.8) is 0 Å². The molecule has 1 aliphatic heterocycles. The highest BCUT2D eigenvalue weighted by Crippen LogP contribution is 2.26. The van der Waals surface area contributed by atoms with Crippen LogP contribution in [0.1, 0.15) is 24.2 Å². The molecular formula is C18H24N4O3S. The van der Waals surface area contributed by atoms with E-state index in [4.69, 9.17) is 10.5 Å². The van der Waals surface area contributed by atoms with Gasteiger partial charge in [0.2, 0.25) is 0 Å². The van der Waals surface area contributed by atoms with Gasteiger partial charge in [-0.2, -0.15) is 11.8 Å². The number of primary amides is 1. The van der Waals surface area contributed by atoms with Crippen LogP contribution in [0.5, 0.6) is 0 Å². The van der Waals surface area contributed by atoms with Crippen LogP contribution in [0.25, 0.3) is 10.9 Å². The van der Waals surface area contributed by atoms with Gasteiger partial charge in [-0.3, -0.25) is 9.69 Å². The predicted octanol–water partition coefficient (Wildman–Crippen LogP) is 2.02. The van der Waals surface area contributed by atoms with Crippen LogP contribution in [0, 0.1) is 6.92 Å². The lowest BCUT2D eigenvalue weighted by Crippen LogP contribution is -2.37. The van der Waals surface area contributed by atoms with E-state index in [-0.39, 0.29) is 5.56 Å². The molecule has 1 aromatic heterocycles. The molecule has 1 saturated heterocycles. The summed E-state index contributed by atoms with van der Waals surface area (Å²) in [4.78, 5) is 32.7. The van der Waals surface area contributed by atoms with Crippen molar-refractivity contribution in [1.82, 2.24) is 14.9 Å². The van der Waals surface area contributed by atoms with Crippen LogP contribution in [-0.2, 0) is 10.5 Å². The number of piperidine rings is 1. The van der Waals surface area contributed by atoms with Crippen LogP contribution in [0.3, 0.4) is 0 Å². The normalized spacial score (nSPS) is 16.0. The van der Waals surface area contributed by atoms with E-state index < -0.39 is 6.09 Å². The van der Waals surface area contributed by atoms with Crippen molar-refractivity contribution in [2.75, 3.05) is 26.2 Å². The zero-order valence-corrected chi connectivity index (χ0v) is 15.7. The average Bonchev–Trinajstić information content (AvgIpc) is 2.62. The monoisotopic (exact) mass is 376 g/mol. The molecule has 0 aliphatic carbocycles. The lowest BCUT2D eigenvalue weighted by atomic mass is 10.1. The van der Waals surface area contributed by atoms with Crippen LogP contribution in [-0.4, -0.2) is 52.5 Å². The fourth-order valence-corrected chi connectivity index (χ4v) is 4.27. The molecule has 0 bridgehead atoms. The first-order valence-electron chi connectivity index (χ1n) is 8.77. The molecule has 1 amide bonds. The molecule has 2 aromatic rings. The zero-order valence-electron chi connectivity index (χ0n) is 14.9. The molecule has 1 aliphatic rings. The summed E-state index contributed by atoms with van der Waals surface area (Å²) in [5, 5.41) is 1.19. The Morgan fingerprint density at radius 2 is 2.19 bits per heavy atom. The van der Waals surface area contributed by atoms with Gasteiger partial charge in [-0.25, -0.2) is 9.78 Å². The second-order valence-electron chi connectivity index (χ2n) is 6.50. The number of carbonyl (C=O) groups is 1. The highest BCUT2D eigenvalue weighted by atomic mass is 32.2. The number of ether oxygens (including phenoxy) is 1. The number of likely N-dealkylation sites (tertiary alicyclic amines) is 1. The number of hydrogen-bond acceptors (Lipinski definition) is 6. The van der Waals surface area contributed by atoms with E-state index in [2.05, 4.69) is 14.9 Å². The quantitative estimate of drug-likeness (QED) is 0.800. The number of rotatable bonds is 6. The Morgan fingerprint density at radius 3 is 2.92 bits per heavy atom. The van der Waals surface area contributed by atoms with Gasteiger partial charge in [-0.15, -0.1) is 0 Å². The van der Waals surface area contributed by atoms with E-state index >= 15 is 0 Å². The second kappa shape index (κ2) is 8.55. The summed E-state index contributed by atoms with van der Waals surface area (Å²) < 4.78 is 4.78. The van der Waals surface area contributed by atoms with E-state index in [0.717, 1.165) is 49.4 Å². The smallest absolute Gasteiger partial charge is 0.404 e. The number of fused-ring (bicyclic) bond motifs is 1. The number of benzene rings is 1. The molecule has 3 rings (SSSR count). The van der Waals surface area contributed by atoms with Gasteiger partial charge >= 0.3 is 6.09 Å². The van der Waals surface area contributed by atoms with Gasteiger partial charge in [0.25, 0.3) is 5.56 Å². The molecule has 8 heteroatoms. The third-order valence-corrected chi connectivity index (χ3v) is 6.01. The first-order chi connectivity index (χ1) is 12.5. The molecule has 0 spiro atoms. The highest BCUT2D eigenvalue weighted by molar-refractivity contribution is 7.99.